The van der Waals surface area contributed by atoms with Crippen molar-refractivity contribution in [1.29, 1.82) is 0 Å². The summed E-state index contributed by atoms with van der Waals surface area (Å²) in [6, 6.07) is 9.29. The minimum Gasteiger partial charge on any atom is -0.494 e. The highest BCUT2D eigenvalue weighted by molar-refractivity contribution is 6.05. The first kappa shape index (κ1) is 28.8. The number of anilines is 1. The van der Waals surface area contributed by atoms with Crippen molar-refractivity contribution in [2.45, 2.75) is 71.6 Å². The number of nitrogens with zero attached hydrogens (tertiary/aromatic N) is 1. The molecule has 0 fully saturated rings. The van der Waals surface area contributed by atoms with E-state index in [1.165, 1.54) is 76.3 Å². The van der Waals surface area contributed by atoms with Crippen LogP contribution in [0, 0.1) is 0 Å². The molecule has 36 heavy (non-hydrogen) atoms. The zero-order valence-corrected chi connectivity index (χ0v) is 21.7. The Balaban J connectivity index is 1.84. The lowest BCUT2D eigenvalue weighted by atomic mass is 10.0. The second kappa shape index (κ2) is 16.3. The molecule has 2 amide bonds. The Bertz CT molecular complexity index is 976. The lowest BCUT2D eigenvalue weighted by Crippen LogP contribution is -2.31. The average molecular weight is 498 g/mol. The molecule has 196 valence electrons. The van der Waals surface area contributed by atoms with Crippen molar-refractivity contribution in [1.82, 2.24) is 10.3 Å². The first-order valence-electron chi connectivity index (χ1n) is 12.9. The summed E-state index contributed by atoms with van der Waals surface area (Å²) >= 11 is 0. The third-order valence-electron chi connectivity index (χ3n) is 5.78. The van der Waals surface area contributed by atoms with E-state index >= 15 is 0 Å². The van der Waals surface area contributed by atoms with E-state index in [0.717, 1.165) is 6.42 Å². The fourth-order valence-corrected chi connectivity index (χ4v) is 3.76. The summed E-state index contributed by atoms with van der Waals surface area (Å²) in [5, 5.41) is 5.27. The van der Waals surface area contributed by atoms with Gasteiger partial charge in [-0.3, -0.25) is 14.4 Å². The molecular formula is C28H39N3O5. The molecule has 2 rings (SSSR count). The predicted molar refractivity (Wildman–Crippen MR) is 140 cm³/mol. The Morgan fingerprint density at radius 2 is 1.56 bits per heavy atom. The second-order valence-electron chi connectivity index (χ2n) is 8.64. The van der Waals surface area contributed by atoms with Crippen molar-refractivity contribution in [3.8, 4) is 5.75 Å². The Hall–Kier alpha value is -3.42. The van der Waals surface area contributed by atoms with Crippen molar-refractivity contribution in [3.63, 3.8) is 0 Å². The number of nitrogens with one attached hydrogen (secondary N) is 2. The third-order valence-corrected chi connectivity index (χ3v) is 5.78. The number of hydrogen-bond acceptors (Lipinski definition) is 6. The third kappa shape index (κ3) is 10.1. The van der Waals surface area contributed by atoms with Crippen LogP contribution >= 0.6 is 0 Å². The molecule has 0 aliphatic rings. The van der Waals surface area contributed by atoms with Gasteiger partial charge >= 0.3 is 5.97 Å². The number of carbonyl (C=O) groups excluding carboxylic acids is 3. The topological polar surface area (TPSA) is 107 Å². The molecule has 0 aliphatic heterocycles. The maximum absolute atomic E-state index is 12.7. The molecule has 2 N–H and O–H groups in total. The second-order valence-corrected chi connectivity index (χ2v) is 8.64. The van der Waals surface area contributed by atoms with Gasteiger partial charge in [-0.15, -0.1) is 0 Å². The number of aromatic nitrogens is 1. The minimum absolute atomic E-state index is 0.0244. The number of rotatable bonds is 16. The summed E-state index contributed by atoms with van der Waals surface area (Å²) in [5.41, 5.74) is 2.15. The smallest absolute Gasteiger partial charge is 0.325 e. The van der Waals surface area contributed by atoms with E-state index in [2.05, 4.69) is 22.5 Å². The molecule has 0 bridgehead atoms. The van der Waals surface area contributed by atoms with Crippen LogP contribution < -0.4 is 15.4 Å². The molecule has 8 heteroatoms. The largest absolute Gasteiger partial charge is 0.494 e. The molecule has 0 saturated carbocycles. The number of hydrogen-bond donors (Lipinski definition) is 2. The molecule has 2 aromatic rings. The van der Waals surface area contributed by atoms with E-state index in [1.807, 2.05) is 24.3 Å². The average Bonchev–Trinajstić information content (AvgIpc) is 2.89. The van der Waals surface area contributed by atoms with Gasteiger partial charge in [-0.2, -0.15) is 0 Å². The zero-order chi connectivity index (χ0) is 26.2. The van der Waals surface area contributed by atoms with E-state index in [1.54, 1.807) is 6.92 Å². The summed E-state index contributed by atoms with van der Waals surface area (Å²) in [6.45, 7) is 3.86. The Labute approximate surface area is 214 Å². The number of methoxy groups -OCH3 is 1. The SMILES string of the molecule is CCCCCCCCCCc1ccc(NC(=O)c2cnc(C(=O)NCC(=O)OCC)c(OC)c2)cc1. The van der Waals surface area contributed by atoms with Crippen molar-refractivity contribution < 1.29 is 23.9 Å². The summed E-state index contributed by atoms with van der Waals surface area (Å²) in [4.78, 5) is 40.6. The van der Waals surface area contributed by atoms with Gasteiger partial charge in [0.2, 0.25) is 0 Å². The van der Waals surface area contributed by atoms with Crippen molar-refractivity contribution in [2.75, 3.05) is 25.6 Å². The summed E-state index contributed by atoms with van der Waals surface area (Å²) in [5.74, 6) is -1.39. The number of ether oxygens (including phenoxy) is 2. The van der Waals surface area contributed by atoms with Crippen LogP contribution in [-0.2, 0) is 16.0 Å². The molecule has 0 unspecified atom stereocenters. The number of amides is 2. The van der Waals surface area contributed by atoms with Gasteiger partial charge in [0.15, 0.2) is 11.4 Å². The van der Waals surface area contributed by atoms with Crippen LogP contribution in [0.4, 0.5) is 5.69 Å². The van der Waals surface area contributed by atoms with Crippen LogP contribution in [0.1, 0.15) is 91.6 Å². The molecule has 0 aliphatic carbocycles. The maximum atomic E-state index is 12.7. The number of unbranched alkanes of at least 4 members (excludes halogenated alkanes) is 7. The van der Waals surface area contributed by atoms with E-state index in [-0.39, 0.29) is 36.1 Å². The minimum atomic E-state index is -0.598. The molecule has 1 aromatic carbocycles. The Kier molecular flexibility index (Phi) is 13.0. The van der Waals surface area contributed by atoms with Crippen LogP contribution in [0.2, 0.25) is 0 Å². The molecule has 0 atom stereocenters. The fourth-order valence-electron chi connectivity index (χ4n) is 3.76. The molecular weight excluding hydrogens is 458 g/mol. The van der Waals surface area contributed by atoms with Gasteiger partial charge in [0, 0.05) is 11.9 Å². The van der Waals surface area contributed by atoms with Crippen molar-refractivity contribution in [3.05, 3.63) is 53.3 Å². The van der Waals surface area contributed by atoms with Crippen LogP contribution in [0.15, 0.2) is 36.5 Å². The lowest BCUT2D eigenvalue weighted by molar-refractivity contribution is -0.141. The van der Waals surface area contributed by atoms with Gasteiger partial charge in [-0.05, 0) is 43.5 Å². The normalized spacial score (nSPS) is 10.5. The number of esters is 1. The van der Waals surface area contributed by atoms with Crippen LogP contribution in [0.5, 0.6) is 5.75 Å². The Morgan fingerprint density at radius 1 is 0.889 bits per heavy atom. The fraction of sp³-hybridized carbons (Fsp3) is 0.500. The highest BCUT2D eigenvalue weighted by Gasteiger charge is 2.18. The molecule has 1 aromatic heterocycles. The van der Waals surface area contributed by atoms with Crippen LogP contribution in [-0.4, -0.2) is 43.0 Å². The van der Waals surface area contributed by atoms with Gasteiger partial charge in [-0.25, -0.2) is 4.98 Å². The molecule has 1 heterocycles. The molecule has 0 spiro atoms. The number of carbonyl (C=O) groups is 3. The predicted octanol–water partition coefficient (Wildman–Crippen LogP) is 5.32. The highest BCUT2D eigenvalue weighted by atomic mass is 16.5. The summed E-state index contributed by atoms with van der Waals surface area (Å²) in [7, 11) is 1.38. The number of pyridine rings is 1. The van der Waals surface area contributed by atoms with E-state index in [0.29, 0.717) is 5.69 Å². The van der Waals surface area contributed by atoms with Gasteiger partial charge < -0.3 is 20.1 Å². The van der Waals surface area contributed by atoms with Gasteiger partial charge in [0.1, 0.15) is 6.54 Å². The highest BCUT2D eigenvalue weighted by Crippen LogP contribution is 2.19. The van der Waals surface area contributed by atoms with Crippen molar-refractivity contribution >= 4 is 23.5 Å². The molecule has 8 nitrogen and oxygen atoms in total. The van der Waals surface area contributed by atoms with Gasteiger partial charge in [-0.1, -0.05) is 64.0 Å². The maximum Gasteiger partial charge on any atom is 0.325 e. The van der Waals surface area contributed by atoms with Gasteiger partial charge in [0.25, 0.3) is 11.8 Å². The lowest BCUT2D eigenvalue weighted by Gasteiger charge is -2.11. The first-order chi connectivity index (χ1) is 17.5. The summed E-state index contributed by atoms with van der Waals surface area (Å²) in [6.07, 6.45) is 12.7. The zero-order valence-electron chi connectivity index (χ0n) is 21.7. The van der Waals surface area contributed by atoms with Gasteiger partial charge in [0.05, 0.1) is 19.3 Å². The Morgan fingerprint density at radius 3 is 2.19 bits per heavy atom. The first-order valence-corrected chi connectivity index (χ1v) is 12.9. The van der Waals surface area contributed by atoms with Crippen LogP contribution in [0.25, 0.3) is 0 Å². The quantitative estimate of drug-likeness (QED) is 0.240. The molecule has 0 saturated heterocycles. The number of aryl methyl sites for hydroxylation is 1. The van der Waals surface area contributed by atoms with E-state index in [9.17, 15) is 14.4 Å². The standard InChI is InChI=1S/C28H39N3O5/c1-4-6-7-8-9-10-11-12-13-21-14-16-23(17-15-21)31-27(33)22-18-24(35-3)26(29-19-22)28(34)30-20-25(32)36-5-2/h14-19H,4-13,20H2,1-3H3,(H,30,34)(H,31,33). The number of benzene rings is 1. The van der Waals surface area contributed by atoms with E-state index < -0.39 is 11.9 Å². The van der Waals surface area contributed by atoms with Crippen molar-refractivity contribution in [2.24, 2.45) is 0 Å². The molecule has 0 radical (unpaired) electrons. The monoisotopic (exact) mass is 497 g/mol. The van der Waals surface area contributed by atoms with E-state index in [4.69, 9.17) is 9.47 Å². The summed E-state index contributed by atoms with van der Waals surface area (Å²) < 4.78 is 10.0. The van der Waals surface area contributed by atoms with Crippen LogP contribution in [0.3, 0.4) is 0 Å².